The van der Waals surface area contributed by atoms with Gasteiger partial charge < -0.3 is 16.6 Å². The number of hydrogen-bond donors (Lipinski definition) is 3. The Morgan fingerprint density at radius 3 is 2.08 bits per heavy atom. The van der Waals surface area contributed by atoms with Gasteiger partial charge in [-0.1, -0.05) is 18.2 Å². The number of carbonyl (C=O) groups is 1. The van der Waals surface area contributed by atoms with Crippen molar-refractivity contribution in [1.29, 1.82) is 0 Å². The van der Waals surface area contributed by atoms with E-state index in [0.29, 0.717) is 0 Å². The predicted molar refractivity (Wildman–Crippen MR) is 47.8 cm³/mol. The standard InChI is InChI=1S/C7H9N.CH3NO2/c1-6-4-2-3-5-7(6)8;2-1(3)4/h2-5H,8H2,1H3;2H2,(H,3,4). The van der Waals surface area contributed by atoms with Gasteiger partial charge in [-0.15, -0.1) is 0 Å². The van der Waals surface area contributed by atoms with E-state index in [4.69, 9.17) is 15.6 Å². The Bertz CT molecular complexity index is 236. The van der Waals surface area contributed by atoms with Crippen molar-refractivity contribution in [2.24, 2.45) is 5.73 Å². The van der Waals surface area contributed by atoms with Crippen LogP contribution in [0.15, 0.2) is 24.3 Å². The van der Waals surface area contributed by atoms with Gasteiger partial charge in [0, 0.05) is 5.69 Å². The van der Waals surface area contributed by atoms with Crippen molar-refractivity contribution >= 4 is 11.8 Å². The minimum Gasteiger partial charge on any atom is -0.465 e. The Balaban J connectivity index is 0.000000261. The number of hydrogen-bond acceptors (Lipinski definition) is 2. The number of anilines is 1. The number of primary amides is 1. The van der Waals surface area contributed by atoms with Gasteiger partial charge in [-0.3, -0.25) is 0 Å². The van der Waals surface area contributed by atoms with Crippen molar-refractivity contribution in [2.45, 2.75) is 6.92 Å². The second-order valence-corrected chi connectivity index (χ2v) is 2.19. The van der Waals surface area contributed by atoms with E-state index in [0.717, 1.165) is 11.3 Å². The minimum atomic E-state index is -1.33. The second-order valence-electron chi connectivity index (χ2n) is 2.19. The van der Waals surface area contributed by atoms with E-state index in [1.165, 1.54) is 0 Å². The molecular formula is C8H12N2O2. The first-order valence-electron chi connectivity index (χ1n) is 3.33. The molecule has 12 heavy (non-hydrogen) atoms. The quantitative estimate of drug-likeness (QED) is 0.508. The van der Waals surface area contributed by atoms with Crippen LogP contribution in [-0.2, 0) is 0 Å². The monoisotopic (exact) mass is 168 g/mol. The van der Waals surface area contributed by atoms with Gasteiger partial charge in [-0.25, -0.2) is 4.79 Å². The molecule has 1 amide bonds. The van der Waals surface area contributed by atoms with Crippen LogP contribution in [-0.4, -0.2) is 11.2 Å². The van der Waals surface area contributed by atoms with Crippen molar-refractivity contribution in [3.63, 3.8) is 0 Å². The normalized spacial score (nSPS) is 8.08. The molecule has 0 radical (unpaired) electrons. The summed E-state index contributed by atoms with van der Waals surface area (Å²) < 4.78 is 0. The third-order valence-electron chi connectivity index (χ3n) is 1.19. The summed E-state index contributed by atoms with van der Waals surface area (Å²) >= 11 is 0. The Hall–Kier alpha value is -1.71. The fraction of sp³-hybridized carbons (Fsp3) is 0.125. The Morgan fingerprint density at radius 2 is 1.83 bits per heavy atom. The van der Waals surface area contributed by atoms with Gasteiger partial charge in [0.15, 0.2) is 0 Å². The number of nitrogens with two attached hydrogens (primary N) is 2. The lowest BCUT2D eigenvalue weighted by atomic mass is 10.2. The summed E-state index contributed by atoms with van der Waals surface area (Å²) in [5.41, 5.74) is 11.6. The molecule has 5 N–H and O–H groups in total. The van der Waals surface area contributed by atoms with Crippen LogP contribution in [0.25, 0.3) is 0 Å². The number of carboxylic acid groups (broad SMARTS) is 1. The lowest BCUT2D eigenvalue weighted by Crippen LogP contribution is -2.03. The highest BCUT2D eigenvalue weighted by Crippen LogP contribution is 2.06. The van der Waals surface area contributed by atoms with Gasteiger partial charge in [0.2, 0.25) is 0 Å². The maximum Gasteiger partial charge on any atom is 0.402 e. The molecule has 0 spiro atoms. The molecule has 0 aliphatic carbocycles. The first kappa shape index (κ1) is 10.3. The Kier molecular flexibility index (Phi) is 4.30. The van der Waals surface area contributed by atoms with E-state index in [1.807, 2.05) is 31.2 Å². The molecule has 0 aromatic heterocycles. The molecule has 1 rings (SSSR count). The second kappa shape index (κ2) is 5.01. The average Bonchev–Trinajstić information content (AvgIpc) is 1.94. The molecule has 0 saturated carbocycles. The average molecular weight is 168 g/mol. The maximum atomic E-state index is 8.78. The molecule has 0 atom stereocenters. The fourth-order valence-electron chi connectivity index (χ4n) is 0.587. The van der Waals surface area contributed by atoms with Crippen LogP contribution in [0.1, 0.15) is 5.56 Å². The van der Waals surface area contributed by atoms with Gasteiger partial charge in [-0.05, 0) is 18.6 Å². The molecule has 1 aromatic carbocycles. The molecule has 0 aliphatic heterocycles. The molecule has 4 heteroatoms. The Labute approximate surface area is 70.8 Å². The van der Waals surface area contributed by atoms with Gasteiger partial charge in [-0.2, -0.15) is 0 Å². The lowest BCUT2D eigenvalue weighted by molar-refractivity contribution is 0.205. The highest BCUT2D eigenvalue weighted by molar-refractivity contribution is 5.61. The number of amides is 1. The van der Waals surface area contributed by atoms with Crippen molar-refractivity contribution in [1.82, 2.24) is 0 Å². The highest BCUT2D eigenvalue weighted by Gasteiger charge is 1.84. The van der Waals surface area contributed by atoms with Crippen LogP contribution < -0.4 is 11.5 Å². The van der Waals surface area contributed by atoms with E-state index < -0.39 is 6.09 Å². The summed E-state index contributed by atoms with van der Waals surface area (Å²) in [4.78, 5) is 8.78. The zero-order valence-corrected chi connectivity index (χ0v) is 6.82. The van der Waals surface area contributed by atoms with Crippen molar-refractivity contribution in [2.75, 3.05) is 5.73 Å². The molecule has 0 saturated heterocycles. The van der Waals surface area contributed by atoms with E-state index in [-0.39, 0.29) is 0 Å². The number of benzene rings is 1. The highest BCUT2D eigenvalue weighted by atomic mass is 16.4. The van der Waals surface area contributed by atoms with Gasteiger partial charge >= 0.3 is 6.09 Å². The fourth-order valence-corrected chi connectivity index (χ4v) is 0.587. The molecule has 1 aromatic rings. The third kappa shape index (κ3) is 5.10. The number of aryl methyl sites for hydroxylation is 1. The molecule has 4 nitrogen and oxygen atoms in total. The zero-order valence-electron chi connectivity index (χ0n) is 6.82. The number of para-hydroxylation sites is 1. The zero-order chi connectivity index (χ0) is 9.56. The predicted octanol–water partition coefficient (Wildman–Crippen LogP) is 1.20. The number of nitrogen functional groups attached to an aromatic ring is 1. The van der Waals surface area contributed by atoms with Crippen LogP contribution in [0, 0.1) is 6.92 Å². The summed E-state index contributed by atoms with van der Waals surface area (Å²) in [6, 6.07) is 7.80. The van der Waals surface area contributed by atoms with Crippen LogP contribution in [0.4, 0.5) is 10.5 Å². The summed E-state index contributed by atoms with van der Waals surface area (Å²) in [5, 5.41) is 7.19. The summed E-state index contributed by atoms with van der Waals surface area (Å²) in [6.07, 6.45) is -1.33. The molecular weight excluding hydrogens is 156 g/mol. The largest absolute Gasteiger partial charge is 0.465 e. The van der Waals surface area contributed by atoms with Crippen LogP contribution >= 0.6 is 0 Å². The van der Waals surface area contributed by atoms with Gasteiger partial charge in [0.1, 0.15) is 0 Å². The third-order valence-corrected chi connectivity index (χ3v) is 1.19. The summed E-state index contributed by atoms with van der Waals surface area (Å²) in [7, 11) is 0. The van der Waals surface area contributed by atoms with Gasteiger partial charge in [0.25, 0.3) is 0 Å². The van der Waals surface area contributed by atoms with E-state index in [2.05, 4.69) is 5.73 Å². The molecule has 66 valence electrons. The SMILES string of the molecule is Cc1ccccc1N.NC(=O)O. The van der Waals surface area contributed by atoms with Crippen LogP contribution in [0.5, 0.6) is 0 Å². The summed E-state index contributed by atoms with van der Waals surface area (Å²) in [6.45, 7) is 2.00. The molecule has 0 unspecified atom stereocenters. The molecule has 0 fully saturated rings. The van der Waals surface area contributed by atoms with Crippen molar-refractivity contribution in [3.8, 4) is 0 Å². The van der Waals surface area contributed by atoms with Crippen molar-refractivity contribution < 1.29 is 9.90 Å². The summed E-state index contributed by atoms with van der Waals surface area (Å²) in [5.74, 6) is 0. The smallest absolute Gasteiger partial charge is 0.402 e. The van der Waals surface area contributed by atoms with E-state index in [9.17, 15) is 0 Å². The van der Waals surface area contributed by atoms with E-state index in [1.54, 1.807) is 0 Å². The van der Waals surface area contributed by atoms with Crippen molar-refractivity contribution in [3.05, 3.63) is 29.8 Å². The molecule has 0 bridgehead atoms. The maximum absolute atomic E-state index is 8.78. The Morgan fingerprint density at radius 1 is 1.42 bits per heavy atom. The topological polar surface area (TPSA) is 89.3 Å². The first-order chi connectivity index (χ1) is 5.54. The van der Waals surface area contributed by atoms with Gasteiger partial charge in [0.05, 0.1) is 0 Å². The molecule has 0 heterocycles. The van der Waals surface area contributed by atoms with E-state index >= 15 is 0 Å². The van der Waals surface area contributed by atoms with Crippen LogP contribution in [0.2, 0.25) is 0 Å². The number of rotatable bonds is 0. The lowest BCUT2D eigenvalue weighted by Gasteiger charge is -1.93. The first-order valence-corrected chi connectivity index (χ1v) is 3.33. The minimum absolute atomic E-state index is 0.868. The molecule has 0 aliphatic rings. The van der Waals surface area contributed by atoms with Crippen LogP contribution in [0.3, 0.4) is 0 Å².